The summed E-state index contributed by atoms with van der Waals surface area (Å²) < 4.78 is 7.41. The summed E-state index contributed by atoms with van der Waals surface area (Å²) in [5.74, 6) is 0.723. The van der Waals surface area contributed by atoms with Crippen LogP contribution in [0.2, 0.25) is 0 Å². The third-order valence-electron chi connectivity index (χ3n) is 5.68. The van der Waals surface area contributed by atoms with Crippen LogP contribution in [-0.4, -0.2) is 32.9 Å². The Morgan fingerprint density at radius 2 is 2.09 bits per heavy atom. The molecule has 0 aliphatic carbocycles. The van der Waals surface area contributed by atoms with Gasteiger partial charge in [0.15, 0.2) is 0 Å². The van der Waals surface area contributed by atoms with Crippen LogP contribution in [0.25, 0.3) is 22.2 Å². The number of aldehydes is 1. The predicted octanol–water partition coefficient (Wildman–Crippen LogP) is 5.04. The molecule has 0 radical (unpaired) electrons. The molecule has 0 bridgehead atoms. The fourth-order valence-electron chi connectivity index (χ4n) is 4.03. The van der Waals surface area contributed by atoms with Gasteiger partial charge in [-0.3, -0.25) is 4.98 Å². The molecule has 8 heteroatoms. The number of fused-ring (bicyclic) bond motifs is 1. The molecule has 5 rings (SSSR count). The van der Waals surface area contributed by atoms with E-state index in [1.807, 2.05) is 71.7 Å². The summed E-state index contributed by atoms with van der Waals surface area (Å²) in [5, 5.41) is 6.13. The lowest BCUT2D eigenvalue weighted by molar-refractivity contribution is -0.108. The minimum atomic E-state index is -0.504. The summed E-state index contributed by atoms with van der Waals surface area (Å²) in [5.41, 5.74) is 4.37. The van der Waals surface area contributed by atoms with Gasteiger partial charge in [-0.05, 0) is 40.8 Å². The number of carbonyl (C=O) groups excluding carboxylic acids is 1. The number of anilines is 1. The number of hydrogen-bond donors (Lipinski definition) is 1. The molecule has 4 aromatic heterocycles. The van der Waals surface area contributed by atoms with E-state index >= 15 is 0 Å². The number of aromatic nitrogens is 4. The van der Waals surface area contributed by atoms with Gasteiger partial charge in [0.2, 0.25) is 5.95 Å². The Hall–Kier alpha value is -4.04. The van der Waals surface area contributed by atoms with Gasteiger partial charge in [-0.1, -0.05) is 24.3 Å². The maximum absolute atomic E-state index is 12.4. The molecule has 0 aliphatic rings. The number of nitrogens with one attached hydrogen (secondary N) is 1. The van der Waals surface area contributed by atoms with Crippen LogP contribution in [0.15, 0.2) is 72.5 Å². The van der Waals surface area contributed by atoms with Gasteiger partial charge in [-0.2, -0.15) is 4.98 Å². The summed E-state index contributed by atoms with van der Waals surface area (Å²) in [4.78, 5) is 27.2. The Labute approximate surface area is 201 Å². The van der Waals surface area contributed by atoms with Crippen LogP contribution >= 0.6 is 11.3 Å². The minimum Gasteiger partial charge on any atom is -0.497 e. The van der Waals surface area contributed by atoms with E-state index in [4.69, 9.17) is 14.7 Å². The van der Waals surface area contributed by atoms with E-state index in [0.29, 0.717) is 18.2 Å². The number of nitrogens with zero attached hydrogens (tertiary/aromatic N) is 4. The van der Waals surface area contributed by atoms with Crippen LogP contribution in [-0.2, 0) is 18.4 Å². The number of pyridine rings is 1. The van der Waals surface area contributed by atoms with Crippen molar-refractivity contribution in [3.05, 3.63) is 88.6 Å². The first-order valence-corrected chi connectivity index (χ1v) is 11.7. The number of methoxy groups -OCH3 is 1. The predicted molar refractivity (Wildman–Crippen MR) is 134 cm³/mol. The fraction of sp³-hybridized carbons (Fsp3) is 0.154. The van der Waals surface area contributed by atoms with Crippen LogP contribution in [0.4, 0.5) is 5.95 Å². The van der Waals surface area contributed by atoms with Gasteiger partial charge in [0.25, 0.3) is 0 Å². The van der Waals surface area contributed by atoms with Crippen LogP contribution in [0, 0.1) is 0 Å². The zero-order chi connectivity index (χ0) is 23.5. The number of benzene rings is 1. The molecule has 5 aromatic rings. The van der Waals surface area contributed by atoms with Crippen molar-refractivity contribution in [2.75, 3.05) is 12.4 Å². The summed E-state index contributed by atoms with van der Waals surface area (Å²) in [6.07, 6.45) is 6.53. The summed E-state index contributed by atoms with van der Waals surface area (Å²) in [6, 6.07) is 15.7. The molecule has 1 atom stereocenters. The van der Waals surface area contributed by atoms with Crippen molar-refractivity contribution >= 4 is 34.6 Å². The molecule has 0 fully saturated rings. The maximum Gasteiger partial charge on any atom is 0.225 e. The van der Waals surface area contributed by atoms with E-state index in [9.17, 15) is 4.79 Å². The Morgan fingerprint density at radius 3 is 2.82 bits per heavy atom. The third kappa shape index (κ3) is 4.15. The monoisotopic (exact) mass is 469 g/mol. The summed E-state index contributed by atoms with van der Waals surface area (Å²) in [7, 11) is 3.60. The van der Waals surface area contributed by atoms with E-state index in [1.54, 1.807) is 30.8 Å². The first-order chi connectivity index (χ1) is 16.7. The first-order valence-electron chi connectivity index (χ1n) is 10.8. The molecule has 4 heterocycles. The molecular formula is C26H23N5O2S. The fourth-order valence-corrected chi connectivity index (χ4v) is 4.82. The van der Waals surface area contributed by atoms with Crippen molar-refractivity contribution in [3.8, 4) is 16.9 Å². The number of ether oxygens (including phenoxy) is 1. The van der Waals surface area contributed by atoms with Crippen LogP contribution in [0.3, 0.4) is 0 Å². The number of carbonyl (C=O) groups is 1. The summed E-state index contributed by atoms with van der Waals surface area (Å²) in [6.45, 7) is 0.525. The standard InChI is InChI=1S/C26H23N5O2S/c1-31-15-20(18-7-3-8-19(12-18)33-2)23-24(21(16-32)22-9-5-11-34-22)29-26(30-25(23)31)28-14-17-6-4-10-27-13-17/h3-13,15-16,21H,14H2,1-2H3,(H,28,29,30). The van der Waals surface area contributed by atoms with E-state index in [2.05, 4.69) is 10.3 Å². The number of aryl methyl sites for hydroxylation is 1. The molecule has 34 heavy (non-hydrogen) atoms. The molecule has 170 valence electrons. The highest BCUT2D eigenvalue weighted by Gasteiger charge is 2.25. The Bertz CT molecular complexity index is 1430. The lowest BCUT2D eigenvalue weighted by Gasteiger charge is -2.14. The van der Waals surface area contributed by atoms with Gasteiger partial charge in [0, 0.05) is 48.0 Å². The average Bonchev–Trinajstić information content (AvgIpc) is 3.52. The zero-order valence-corrected chi connectivity index (χ0v) is 19.6. The highest BCUT2D eigenvalue weighted by Crippen LogP contribution is 2.38. The Morgan fingerprint density at radius 1 is 1.18 bits per heavy atom. The van der Waals surface area contributed by atoms with E-state index in [0.717, 1.165) is 44.6 Å². The Balaban J connectivity index is 1.68. The van der Waals surface area contributed by atoms with E-state index < -0.39 is 5.92 Å². The van der Waals surface area contributed by atoms with E-state index in [1.165, 1.54) is 0 Å². The van der Waals surface area contributed by atoms with E-state index in [-0.39, 0.29) is 0 Å². The lowest BCUT2D eigenvalue weighted by atomic mass is 9.97. The van der Waals surface area contributed by atoms with Crippen molar-refractivity contribution in [3.63, 3.8) is 0 Å². The SMILES string of the molecule is COc1cccc(-c2cn(C)c3nc(NCc4cccnc4)nc(C(C=O)c4cccs4)c23)c1. The topological polar surface area (TPSA) is 81.9 Å². The molecule has 0 saturated carbocycles. The second-order valence-corrected chi connectivity index (χ2v) is 8.84. The maximum atomic E-state index is 12.4. The molecule has 0 amide bonds. The quantitative estimate of drug-likeness (QED) is 0.321. The first kappa shape index (κ1) is 21.8. The molecule has 0 spiro atoms. The molecule has 0 saturated heterocycles. The zero-order valence-electron chi connectivity index (χ0n) is 18.8. The molecule has 7 nitrogen and oxygen atoms in total. The van der Waals surface area contributed by atoms with Gasteiger partial charge in [-0.25, -0.2) is 4.98 Å². The van der Waals surface area contributed by atoms with Crippen molar-refractivity contribution < 1.29 is 9.53 Å². The molecule has 1 unspecified atom stereocenters. The highest BCUT2D eigenvalue weighted by molar-refractivity contribution is 7.10. The van der Waals surface area contributed by atoms with Gasteiger partial charge in [0.1, 0.15) is 17.7 Å². The van der Waals surface area contributed by atoms with Crippen LogP contribution in [0.1, 0.15) is 22.1 Å². The van der Waals surface area contributed by atoms with Crippen LogP contribution in [0.5, 0.6) is 5.75 Å². The van der Waals surface area contributed by atoms with Gasteiger partial charge in [-0.15, -0.1) is 11.3 Å². The van der Waals surface area contributed by atoms with Gasteiger partial charge in [0.05, 0.1) is 18.7 Å². The second kappa shape index (κ2) is 9.44. The van der Waals surface area contributed by atoms with Gasteiger partial charge < -0.3 is 19.4 Å². The van der Waals surface area contributed by atoms with Crippen molar-refractivity contribution in [1.29, 1.82) is 0 Å². The highest BCUT2D eigenvalue weighted by atomic mass is 32.1. The number of thiophene rings is 1. The van der Waals surface area contributed by atoms with Crippen molar-refractivity contribution in [1.82, 2.24) is 19.5 Å². The van der Waals surface area contributed by atoms with Crippen LogP contribution < -0.4 is 10.1 Å². The molecule has 1 aromatic carbocycles. The smallest absolute Gasteiger partial charge is 0.225 e. The lowest BCUT2D eigenvalue weighted by Crippen LogP contribution is -2.10. The third-order valence-corrected chi connectivity index (χ3v) is 6.63. The molecular weight excluding hydrogens is 446 g/mol. The normalized spacial score (nSPS) is 11.9. The summed E-state index contributed by atoms with van der Waals surface area (Å²) >= 11 is 1.54. The van der Waals surface area contributed by atoms with Gasteiger partial charge >= 0.3 is 0 Å². The molecule has 0 aliphatic heterocycles. The van der Waals surface area contributed by atoms with Crippen molar-refractivity contribution in [2.45, 2.75) is 12.5 Å². The number of hydrogen-bond acceptors (Lipinski definition) is 7. The minimum absolute atomic E-state index is 0.466. The molecule has 1 N–H and O–H groups in total. The largest absolute Gasteiger partial charge is 0.497 e. The van der Waals surface area contributed by atoms with Crippen molar-refractivity contribution in [2.24, 2.45) is 7.05 Å². The average molecular weight is 470 g/mol. The number of rotatable bonds is 8. The Kier molecular flexibility index (Phi) is 6.05. The second-order valence-electron chi connectivity index (χ2n) is 7.86.